The number of benzene rings is 1. The Labute approximate surface area is 191 Å². The number of hydrogen-bond acceptors (Lipinski definition) is 4. The first-order valence-corrected chi connectivity index (χ1v) is 11.2. The molecule has 0 aliphatic heterocycles. The number of halogens is 1. The summed E-state index contributed by atoms with van der Waals surface area (Å²) >= 11 is 0. The maximum Gasteiger partial charge on any atom is 0.274 e. The van der Waals surface area contributed by atoms with Gasteiger partial charge in [0.2, 0.25) is 0 Å². The third-order valence-corrected chi connectivity index (χ3v) is 6.18. The van der Waals surface area contributed by atoms with E-state index in [4.69, 9.17) is 0 Å². The Kier molecular flexibility index (Phi) is 6.09. The molecule has 3 heterocycles. The maximum absolute atomic E-state index is 13.4. The topological polar surface area (TPSA) is 70.7 Å². The van der Waals surface area contributed by atoms with Crippen molar-refractivity contribution in [2.24, 2.45) is 5.92 Å². The molecule has 0 saturated carbocycles. The summed E-state index contributed by atoms with van der Waals surface area (Å²) in [5, 5.41) is 4.40. The standard InChI is InChI=1S/C27H25FN4O/c28-22-8-5-18(6-9-22)13-19-4-7-20-16-32-26-24(10-12-31-27(26)33)25(20)21(14-19)15-29-17-23-3-1-2-11-30-23/h1-3,5-6,8-12,14,16,19,29H,4,7,13,15,17H2,(H,31,33). The third kappa shape index (κ3) is 4.76. The van der Waals surface area contributed by atoms with Gasteiger partial charge in [-0.1, -0.05) is 24.3 Å². The first-order valence-electron chi connectivity index (χ1n) is 11.2. The van der Waals surface area contributed by atoms with E-state index < -0.39 is 0 Å². The SMILES string of the molecule is O=c1[nH]ccc2c3c(cnc12)CCC(Cc1ccc(F)cc1)C=C3CNCc1ccccn1. The fourth-order valence-electron chi connectivity index (χ4n) is 4.60. The quantitative estimate of drug-likeness (QED) is 0.465. The number of nitrogens with one attached hydrogen (secondary N) is 2. The lowest BCUT2D eigenvalue weighted by Crippen LogP contribution is -2.18. The average Bonchev–Trinajstić information content (AvgIpc) is 3.01. The number of aryl methyl sites for hydroxylation is 1. The lowest BCUT2D eigenvalue weighted by molar-refractivity contribution is 0.588. The summed E-state index contributed by atoms with van der Waals surface area (Å²) < 4.78 is 13.4. The van der Waals surface area contributed by atoms with Crippen LogP contribution < -0.4 is 10.9 Å². The van der Waals surface area contributed by atoms with Gasteiger partial charge in [0.1, 0.15) is 11.3 Å². The molecule has 0 fully saturated rings. The molecule has 0 amide bonds. The Morgan fingerprint density at radius 1 is 1.06 bits per heavy atom. The Bertz CT molecular complexity index is 1350. The molecule has 1 unspecified atom stereocenters. The second kappa shape index (κ2) is 9.46. The van der Waals surface area contributed by atoms with Crippen LogP contribution in [0.2, 0.25) is 0 Å². The lowest BCUT2D eigenvalue weighted by atomic mass is 9.93. The number of H-pyrrole nitrogens is 1. The Balaban J connectivity index is 1.50. The van der Waals surface area contributed by atoms with E-state index >= 15 is 0 Å². The minimum Gasteiger partial charge on any atom is -0.327 e. The Hall–Kier alpha value is -3.64. The molecule has 1 atom stereocenters. The van der Waals surface area contributed by atoms with Crippen LogP contribution in [0, 0.1) is 11.7 Å². The van der Waals surface area contributed by atoms with Crippen molar-refractivity contribution in [1.82, 2.24) is 20.3 Å². The summed E-state index contributed by atoms with van der Waals surface area (Å²) in [5.74, 6) is 0.0799. The number of fused-ring (bicyclic) bond motifs is 3. The van der Waals surface area contributed by atoms with E-state index in [9.17, 15) is 9.18 Å². The summed E-state index contributed by atoms with van der Waals surface area (Å²) in [6, 6.07) is 14.6. The Morgan fingerprint density at radius 3 is 2.76 bits per heavy atom. The largest absolute Gasteiger partial charge is 0.327 e. The van der Waals surface area contributed by atoms with Crippen molar-refractivity contribution < 1.29 is 4.39 Å². The molecule has 2 N–H and O–H groups in total. The lowest BCUT2D eigenvalue weighted by Gasteiger charge is -2.15. The van der Waals surface area contributed by atoms with Gasteiger partial charge in [-0.25, -0.2) is 4.39 Å². The zero-order valence-electron chi connectivity index (χ0n) is 18.2. The highest BCUT2D eigenvalue weighted by Crippen LogP contribution is 2.33. The van der Waals surface area contributed by atoms with Crippen molar-refractivity contribution in [1.29, 1.82) is 0 Å². The molecule has 1 aromatic carbocycles. The van der Waals surface area contributed by atoms with E-state index in [0.29, 0.717) is 24.5 Å². The van der Waals surface area contributed by atoms with E-state index in [1.165, 1.54) is 12.1 Å². The molecule has 0 radical (unpaired) electrons. The predicted molar refractivity (Wildman–Crippen MR) is 128 cm³/mol. The van der Waals surface area contributed by atoms with Gasteiger partial charge in [-0.2, -0.15) is 0 Å². The molecule has 33 heavy (non-hydrogen) atoms. The van der Waals surface area contributed by atoms with Crippen LogP contribution in [-0.4, -0.2) is 21.5 Å². The van der Waals surface area contributed by atoms with Gasteiger partial charge in [-0.05, 0) is 77.8 Å². The highest BCUT2D eigenvalue weighted by atomic mass is 19.1. The molecule has 166 valence electrons. The van der Waals surface area contributed by atoms with Gasteiger partial charge >= 0.3 is 0 Å². The normalized spacial score (nSPS) is 15.7. The highest BCUT2D eigenvalue weighted by molar-refractivity contribution is 5.93. The van der Waals surface area contributed by atoms with Crippen molar-refractivity contribution in [2.75, 3.05) is 6.54 Å². The molecule has 6 heteroatoms. The van der Waals surface area contributed by atoms with E-state index in [-0.39, 0.29) is 11.4 Å². The number of aromatic nitrogens is 3. The highest BCUT2D eigenvalue weighted by Gasteiger charge is 2.21. The van der Waals surface area contributed by atoms with Crippen molar-refractivity contribution in [2.45, 2.75) is 25.8 Å². The van der Waals surface area contributed by atoms with E-state index in [2.05, 4.69) is 26.3 Å². The van der Waals surface area contributed by atoms with Crippen LogP contribution in [-0.2, 0) is 19.4 Å². The summed E-state index contributed by atoms with van der Waals surface area (Å²) in [6.07, 6.45) is 10.3. The van der Waals surface area contributed by atoms with Crippen LogP contribution in [0.1, 0.15) is 28.8 Å². The van der Waals surface area contributed by atoms with Crippen LogP contribution in [0.4, 0.5) is 4.39 Å². The van der Waals surface area contributed by atoms with E-state index in [1.54, 1.807) is 12.4 Å². The summed E-state index contributed by atoms with van der Waals surface area (Å²) in [4.78, 5) is 24.0. The summed E-state index contributed by atoms with van der Waals surface area (Å²) in [6.45, 7) is 1.30. The molecule has 4 aromatic rings. The summed E-state index contributed by atoms with van der Waals surface area (Å²) in [5.41, 5.74) is 5.78. The van der Waals surface area contributed by atoms with Crippen LogP contribution in [0.25, 0.3) is 16.5 Å². The minimum absolute atomic E-state index is 0.178. The van der Waals surface area contributed by atoms with E-state index in [0.717, 1.165) is 52.6 Å². The number of pyridine rings is 3. The molecule has 0 bridgehead atoms. The van der Waals surface area contributed by atoms with Gasteiger partial charge in [0.15, 0.2) is 0 Å². The van der Waals surface area contributed by atoms with Gasteiger partial charge in [-0.3, -0.25) is 14.8 Å². The molecule has 1 aliphatic carbocycles. The monoisotopic (exact) mass is 440 g/mol. The molecule has 5 nitrogen and oxygen atoms in total. The number of rotatable bonds is 6. The second-order valence-corrected chi connectivity index (χ2v) is 8.47. The molecule has 5 rings (SSSR count). The number of allylic oxidation sites excluding steroid dienone is 1. The molecule has 3 aromatic heterocycles. The molecule has 0 spiro atoms. The van der Waals surface area contributed by atoms with E-state index in [1.807, 2.05) is 42.6 Å². The first-order chi connectivity index (χ1) is 16.2. The zero-order valence-corrected chi connectivity index (χ0v) is 18.2. The zero-order chi connectivity index (χ0) is 22.6. The van der Waals surface area contributed by atoms with Crippen molar-refractivity contribution in [3.8, 4) is 0 Å². The molecular formula is C27H25FN4O. The summed E-state index contributed by atoms with van der Waals surface area (Å²) in [7, 11) is 0. The van der Waals surface area contributed by atoms with Gasteiger partial charge in [0.05, 0.1) is 5.69 Å². The van der Waals surface area contributed by atoms with Crippen molar-refractivity contribution in [3.63, 3.8) is 0 Å². The number of nitrogens with zero attached hydrogens (tertiary/aromatic N) is 2. The number of aromatic amines is 1. The van der Waals surface area contributed by atoms with Gasteiger partial charge < -0.3 is 10.3 Å². The fraction of sp³-hybridized carbons (Fsp3) is 0.222. The third-order valence-electron chi connectivity index (χ3n) is 6.18. The second-order valence-electron chi connectivity index (χ2n) is 8.47. The average molecular weight is 441 g/mol. The fourth-order valence-corrected chi connectivity index (χ4v) is 4.60. The van der Waals surface area contributed by atoms with Gasteiger partial charge in [0, 0.05) is 37.1 Å². The Morgan fingerprint density at radius 2 is 1.94 bits per heavy atom. The molecule has 0 saturated heterocycles. The van der Waals surface area contributed by atoms with Crippen molar-refractivity contribution in [3.05, 3.63) is 112 Å². The van der Waals surface area contributed by atoms with Gasteiger partial charge in [0.25, 0.3) is 5.56 Å². The predicted octanol–water partition coefficient (Wildman–Crippen LogP) is 4.44. The smallest absolute Gasteiger partial charge is 0.274 e. The number of hydrogen-bond donors (Lipinski definition) is 2. The van der Waals surface area contributed by atoms with Crippen LogP contribution in [0.3, 0.4) is 0 Å². The van der Waals surface area contributed by atoms with Gasteiger partial charge in [-0.15, -0.1) is 0 Å². The van der Waals surface area contributed by atoms with Crippen LogP contribution in [0.5, 0.6) is 0 Å². The maximum atomic E-state index is 13.4. The minimum atomic E-state index is -0.218. The molecule has 1 aliphatic rings. The van der Waals surface area contributed by atoms with Crippen molar-refractivity contribution >= 4 is 16.5 Å². The molecular weight excluding hydrogens is 415 g/mol. The van der Waals surface area contributed by atoms with Crippen LogP contribution in [0.15, 0.2) is 78.0 Å². The van der Waals surface area contributed by atoms with Crippen LogP contribution >= 0.6 is 0 Å². The first kappa shape index (κ1) is 21.2.